The van der Waals surface area contributed by atoms with Crippen molar-refractivity contribution in [2.45, 2.75) is 32.3 Å². The summed E-state index contributed by atoms with van der Waals surface area (Å²) in [6.45, 7) is 4.98. The quantitative estimate of drug-likeness (QED) is 0.471. The summed E-state index contributed by atoms with van der Waals surface area (Å²) in [6, 6.07) is 20.4. The van der Waals surface area contributed by atoms with E-state index in [2.05, 4.69) is 36.1 Å². The standard InChI is InChI=1S/C24H31NO2/c1-5-6-17-23(26)27-24(20(2)19-25(3)4,22-15-11-8-12-16-22)18-21-13-9-7-10-14-21/h6-17,20H,5,18-19H2,1-4H3/t20-,24+/m1/s1. The van der Waals surface area contributed by atoms with E-state index in [-0.39, 0.29) is 11.9 Å². The van der Waals surface area contributed by atoms with Gasteiger partial charge in [-0.15, -0.1) is 0 Å². The summed E-state index contributed by atoms with van der Waals surface area (Å²) >= 11 is 0. The molecule has 3 nitrogen and oxygen atoms in total. The van der Waals surface area contributed by atoms with Crippen LogP contribution in [0.3, 0.4) is 0 Å². The molecule has 0 bridgehead atoms. The second-order valence-electron chi connectivity index (χ2n) is 7.31. The maximum absolute atomic E-state index is 12.6. The van der Waals surface area contributed by atoms with Gasteiger partial charge in [0.25, 0.3) is 0 Å². The molecule has 0 heterocycles. The number of hydrogen-bond acceptors (Lipinski definition) is 3. The molecule has 0 aliphatic rings. The van der Waals surface area contributed by atoms with Crippen molar-refractivity contribution in [3.8, 4) is 0 Å². The number of benzene rings is 2. The van der Waals surface area contributed by atoms with Gasteiger partial charge in [0.05, 0.1) is 0 Å². The average molecular weight is 366 g/mol. The minimum atomic E-state index is -0.734. The average Bonchev–Trinajstić information content (AvgIpc) is 2.66. The number of carbonyl (C=O) groups excluding carboxylic acids is 1. The highest BCUT2D eigenvalue weighted by atomic mass is 16.6. The third-order valence-electron chi connectivity index (χ3n) is 4.78. The molecule has 0 saturated carbocycles. The van der Waals surface area contributed by atoms with Crippen LogP contribution in [0.1, 0.15) is 31.4 Å². The van der Waals surface area contributed by atoms with Crippen LogP contribution in [0.15, 0.2) is 72.8 Å². The smallest absolute Gasteiger partial charge is 0.331 e. The molecule has 0 fully saturated rings. The number of rotatable bonds is 9. The Morgan fingerprint density at radius 1 is 1.07 bits per heavy atom. The highest BCUT2D eigenvalue weighted by molar-refractivity contribution is 5.82. The summed E-state index contributed by atoms with van der Waals surface area (Å²) in [4.78, 5) is 14.8. The molecular weight excluding hydrogens is 334 g/mol. The molecule has 2 aromatic rings. The Morgan fingerprint density at radius 3 is 2.22 bits per heavy atom. The summed E-state index contributed by atoms with van der Waals surface area (Å²) in [5.74, 6) is -0.184. The Kier molecular flexibility index (Phi) is 7.81. The third-order valence-corrected chi connectivity index (χ3v) is 4.78. The number of nitrogens with zero attached hydrogens (tertiary/aromatic N) is 1. The van der Waals surface area contributed by atoms with Crippen LogP contribution in [0.25, 0.3) is 0 Å². The lowest BCUT2D eigenvalue weighted by Gasteiger charge is -2.40. The van der Waals surface area contributed by atoms with Crippen LogP contribution < -0.4 is 0 Å². The van der Waals surface area contributed by atoms with E-state index in [0.717, 1.165) is 24.1 Å². The summed E-state index contributed by atoms with van der Waals surface area (Å²) < 4.78 is 6.24. The molecule has 0 N–H and O–H groups in total. The zero-order valence-electron chi connectivity index (χ0n) is 16.9. The molecule has 3 heteroatoms. The van der Waals surface area contributed by atoms with Gasteiger partial charge in [-0.3, -0.25) is 0 Å². The minimum Gasteiger partial charge on any atom is -0.450 e. The molecule has 0 aliphatic carbocycles. The van der Waals surface area contributed by atoms with Gasteiger partial charge in [-0.25, -0.2) is 4.79 Å². The Morgan fingerprint density at radius 2 is 1.67 bits per heavy atom. The highest BCUT2D eigenvalue weighted by Crippen LogP contribution is 2.38. The Bertz CT molecular complexity index is 725. The van der Waals surface area contributed by atoms with Gasteiger partial charge in [-0.05, 0) is 31.6 Å². The van der Waals surface area contributed by atoms with E-state index in [1.807, 2.05) is 63.5 Å². The highest BCUT2D eigenvalue weighted by Gasteiger charge is 2.42. The van der Waals surface area contributed by atoms with Gasteiger partial charge < -0.3 is 9.64 Å². The predicted molar refractivity (Wildman–Crippen MR) is 112 cm³/mol. The van der Waals surface area contributed by atoms with Gasteiger partial charge in [0.2, 0.25) is 0 Å². The summed E-state index contributed by atoms with van der Waals surface area (Å²) in [6.07, 6.45) is 4.83. The molecule has 0 aliphatic heterocycles. The minimum absolute atomic E-state index is 0.106. The molecule has 27 heavy (non-hydrogen) atoms. The number of hydrogen-bond donors (Lipinski definition) is 0. The fraction of sp³-hybridized carbons (Fsp3) is 0.375. The van der Waals surface area contributed by atoms with Gasteiger partial charge >= 0.3 is 5.97 Å². The second-order valence-corrected chi connectivity index (χ2v) is 7.31. The Labute approximate surface area is 163 Å². The maximum atomic E-state index is 12.6. The molecule has 2 atom stereocenters. The second kappa shape index (κ2) is 10.1. The van der Waals surface area contributed by atoms with Crippen molar-refractivity contribution in [1.82, 2.24) is 4.90 Å². The third kappa shape index (κ3) is 5.80. The van der Waals surface area contributed by atoms with Gasteiger partial charge in [-0.1, -0.05) is 80.6 Å². The molecule has 0 amide bonds. The van der Waals surface area contributed by atoms with Crippen molar-refractivity contribution >= 4 is 5.97 Å². The first-order chi connectivity index (χ1) is 13.0. The van der Waals surface area contributed by atoms with Crippen molar-refractivity contribution in [2.75, 3.05) is 20.6 Å². The number of allylic oxidation sites excluding steroid dienone is 1. The first kappa shape index (κ1) is 20.9. The number of ether oxygens (including phenoxy) is 1. The van der Waals surface area contributed by atoms with Crippen LogP contribution in [-0.2, 0) is 21.6 Å². The van der Waals surface area contributed by atoms with Crippen LogP contribution >= 0.6 is 0 Å². The van der Waals surface area contributed by atoms with Crippen molar-refractivity contribution in [2.24, 2.45) is 5.92 Å². The van der Waals surface area contributed by atoms with Gasteiger partial charge in [0.15, 0.2) is 0 Å². The molecule has 2 rings (SSSR count). The topological polar surface area (TPSA) is 29.5 Å². The van der Waals surface area contributed by atoms with E-state index >= 15 is 0 Å². The number of esters is 1. The fourth-order valence-corrected chi connectivity index (χ4v) is 3.50. The lowest BCUT2D eigenvalue weighted by atomic mass is 9.77. The van der Waals surface area contributed by atoms with E-state index in [1.165, 1.54) is 0 Å². The van der Waals surface area contributed by atoms with Gasteiger partial charge in [0, 0.05) is 25.0 Å². The lowest BCUT2D eigenvalue weighted by Crippen LogP contribution is -2.44. The van der Waals surface area contributed by atoms with Crippen molar-refractivity contribution in [1.29, 1.82) is 0 Å². The van der Waals surface area contributed by atoms with E-state index < -0.39 is 5.60 Å². The molecule has 0 aromatic heterocycles. The van der Waals surface area contributed by atoms with Crippen LogP contribution in [0.5, 0.6) is 0 Å². The first-order valence-corrected chi connectivity index (χ1v) is 9.61. The molecule has 0 saturated heterocycles. The summed E-state index contributed by atoms with van der Waals surface area (Å²) in [5, 5.41) is 0. The van der Waals surface area contributed by atoms with E-state index in [1.54, 1.807) is 6.08 Å². The van der Waals surface area contributed by atoms with E-state index in [4.69, 9.17) is 4.74 Å². The van der Waals surface area contributed by atoms with Crippen molar-refractivity contribution < 1.29 is 9.53 Å². The fourth-order valence-electron chi connectivity index (χ4n) is 3.50. The van der Waals surface area contributed by atoms with Gasteiger partial charge in [-0.2, -0.15) is 0 Å². The Hall–Kier alpha value is -2.39. The molecule has 0 unspecified atom stereocenters. The molecule has 2 aromatic carbocycles. The van der Waals surface area contributed by atoms with Crippen molar-refractivity contribution in [3.05, 3.63) is 83.9 Å². The summed E-state index contributed by atoms with van der Waals surface area (Å²) in [5.41, 5.74) is 1.45. The van der Waals surface area contributed by atoms with Gasteiger partial charge in [0.1, 0.15) is 5.60 Å². The van der Waals surface area contributed by atoms with Crippen LogP contribution in [0.2, 0.25) is 0 Å². The van der Waals surface area contributed by atoms with E-state index in [9.17, 15) is 4.79 Å². The first-order valence-electron chi connectivity index (χ1n) is 9.61. The molecule has 144 valence electrons. The predicted octanol–water partition coefficient (Wildman–Crippen LogP) is 4.83. The zero-order chi connectivity index (χ0) is 19.7. The zero-order valence-corrected chi connectivity index (χ0v) is 16.9. The van der Waals surface area contributed by atoms with Crippen LogP contribution in [0, 0.1) is 5.92 Å². The van der Waals surface area contributed by atoms with Crippen molar-refractivity contribution in [3.63, 3.8) is 0 Å². The monoisotopic (exact) mass is 365 g/mol. The molecule has 0 spiro atoms. The maximum Gasteiger partial charge on any atom is 0.331 e. The summed E-state index contributed by atoms with van der Waals surface area (Å²) in [7, 11) is 4.10. The molecule has 0 radical (unpaired) electrons. The van der Waals surface area contributed by atoms with Crippen LogP contribution in [0.4, 0.5) is 0 Å². The number of carbonyl (C=O) groups is 1. The SMILES string of the molecule is CCC=CC(=O)O[C@](Cc1ccccc1)(c1ccccc1)[C@H](C)CN(C)C. The largest absolute Gasteiger partial charge is 0.450 e. The van der Waals surface area contributed by atoms with E-state index in [0.29, 0.717) is 6.42 Å². The van der Waals surface area contributed by atoms with Crippen LogP contribution in [-0.4, -0.2) is 31.5 Å². The molecular formula is C24H31NO2. The normalized spacial score (nSPS) is 14.9. The lowest BCUT2D eigenvalue weighted by molar-refractivity contribution is -0.162. The Balaban J connectivity index is 2.52.